The molecule has 0 amide bonds. The van der Waals surface area contributed by atoms with Crippen molar-refractivity contribution in [3.63, 3.8) is 0 Å². The van der Waals surface area contributed by atoms with Gasteiger partial charge in [0.05, 0.1) is 19.8 Å². The summed E-state index contributed by atoms with van der Waals surface area (Å²) in [4.78, 5) is 4.21. The van der Waals surface area contributed by atoms with Crippen LogP contribution < -0.4 is 20.1 Å². The van der Waals surface area contributed by atoms with Crippen LogP contribution in [0.25, 0.3) is 0 Å². The fourth-order valence-electron chi connectivity index (χ4n) is 1.93. The molecule has 1 aromatic rings. The Balaban J connectivity index is 2.52. The van der Waals surface area contributed by atoms with E-state index in [1.165, 1.54) is 0 Å². The number of methoxy groups -OCH3 is 1. The number of benzene rings is 1. The van der Waals surface area contributed by atoms with Gasteiger partial charge < -0.3 is 24.8 Å². The zero-order chi connectivity index (χ0) is 17.1. The van der Waals surface area contributed by atoms with Crippen molar-refractivity contribution in [2.45, 2.75) is 33.3 Å². The van der Waals surface area contributed by atoms with E-state index in [1.54, 1.807) is 14.2 Å². The van der Waals surface area contributed by atoms with Gasteiger partial charge in [0.25, 0.3) is 0 Å². The molecule has 130 valence electrons. The van der Waals surface area contributed by atoms with Gasteiger partial charge in [-0.3, -0.25) is 4.99 Å². The highest BCUT2D eigenvalue weighted by Crippen LogP contribution is 2.30. The van der Waals surface area contributed by atoms with Gasteiger partial charge in [-0.05, 0) is 39.3 Å². The summed E-state index contributed by atoms with van der Waals surface area (Å²) in [5.74, 6) is 2.13. The summed E-state index contributed by atoms with van der Waals surface area (Å²) in [5, 5.41) is 6.49. The third kappa shape index (κ3) is 7.23. The van der Waals surface area contributed by atoms with Crippen LogP contribution in [0.2, 0.25) is 0 Å². The van der Waals surface area contributed by atoms with Crippen LogP contribution in [0.15, 0.2) is 23.2 Å². The fourth-order valence-corrected chi connectivity index (χ4v) is 1.93. The molecule has 0 aliphatic carbocycles. The molecule has 1 rings (SSSR count). The molecule has 0 saturated carbocycles. The molecule has 0 radical (unpaired) electrons. The molecule has 2 N–H and O–H groups in total. The number of anilines is 1. The van der Waals surface area contributed by atoms with Crippen LogP contribution in [0.1, 0.15) is 27.2 Å². The summed E-state index contributed by atoms with van der Waals surface area (Å²) < 4.78 is 16.4. The molecule has 0 aromatic heterocycles. The molecule has 0 aliphatic heterocycles. The second kappa shape index (κ2) is 10.7. The molecule has 0 heterocycles. The minimum Gasteiger partial charge on any atom is -0.493 e. The molecule has 6 heteroatoms. The first kappa shape index (κ1) is 19.1. The van der Waals surface area contributed by atoms with Crippen molar-refractivity contribution in [1.82, 2.24) is 5.32 Å². The standard InChI is InChI=1S/C17H29N3O3/c1-6-22-15-9-8-14(12-16(15)21-5)20-17(18-4)19-10-7-11-23-13(2)3/h8-9,12-13H,6-7,10-11H2,1-5H3,(H2,18,19,20). The summed E-state index contributed by atoms with van der Waals surface area (Å²) in [6.45, 7) is 8.14. The van der Waals surface area contributed by atoms with Crippen LogP contribution in [-0.2, 0) is 4.74 Å². The molecule has 0 bridgehead atoms. The van der Waals surface area contributed by atoms with Crippen LogP contribution in [0.4, 0.5) is 5.69 Å². The second-order valence-electron chi connectivity index (χ2n) is 5.20. The van der Waals surface area contributed by atoms with Gasteiger partial charge in [-0.15, -0.1) is 0 Å². The van der Waals surface area contributed by atoms with E-state index in [2.05, 4.69) is 15.6 Å². The molecule has 0 unspecified atom stereocenters. The first-order valence-electron chi connectivity index (χ1n) is 8.00. The van der Waals surface area contributed by atoms with E-state index < -0.39 is 0 Å². The van der Waals surface area contributed by atoms with Crippen LogP contribution in [0.5, 0.6) is 11.5 Å². The zero-order valence-corrected chi connectivity index (χ0v) is 14.8. The van der Waals surface area contributed by atoms with Gasteiger partial charge in [0, 0.05) is 32.0 Å². The number of ether oxygens (including phenoxy) is 3. The third-order valence-electron chi connectivity index (χ3n) is 3.01. The number of nitrogens with one attached hydrogen (secondary N) is 2. The van der Waals surface area contributed by atoms with Crippen LogP contribution in [0, 0.1) is 0 Å². The molecule has 23 heavy (non-hydrogen) atoms. The molecular formula is C17H29N3O3. The lowest BCUT2D eigenvalue weighted by atomic mass is 10.2. The summed E-state index contributed by atoms with van der Waals surface area (Å²) in [6, 6.07) is 5.70. The Hall–Kier alpha value is -1.95. The van der Waals surface area contributed by atoms with Crippen molar-refractivity contribution >= 4 is 11.6 Å². The molecular weight excluding hydrogens is 294 g/mol. The lowest BCUT2D eigenvalue weighted by Crippen LogP contribution is -2.32. The van der Waals surface area contributed by atoms with Crippen molar-refractivity contribution in [3.05, 3.63) is 18.2 Å². The van der Waals surface area contributed by atoms with Gasteiger partial charge in [0.15, 0.2) is 17.5 Å². The molecule has 0 spiro atoms. The first-order valence-corrected chi connectivity index (χ1v) is 8.00. The lowest BCUT2D eigenvalue weighted by Gasteiger charge is -2.15. The van der Waals surface area contributed by atoms with Crippen LogP contribution in [0.3, 0.4) is 0 Å². The Morgan fingerprint density at radius 3 is 2.65 bits per heavy atom. The zero-order valence-electron chi connectivity index (χ0n) is 14.8. The smallest absolute Gasteiger partial charge is 0.195 e. The molecule has 0 saturated heterocycles. The molecule has 0 fully saturated rings. The van der Waals surface area contributed by atoms with Crippen molar-refractivity contribution in [3.8, 4) is 11.5 Å². The van der Waals surface area contributed by atoms with E-state index in [9.17, 15) is 0 Å². The third-order valence-corrected chi connectivity index (χ3v) is 3.01. The Morgan fingerprint density at radius 2 is 2.04 bits per heavy atom. The maximum Gasteiger partial charge on any atom is 0.195 e. The Bertz CT molecular complexity index is 490. The van der Waals surface area contributed by atoms with Crippen molar-refractivity contribution in [1.29, 1.82) is 0 Å². The van der Waals surface area contributed by atoms with Gasteiger partial charge in [0.2, 0.25) is 0 Å². The van der Waals surface area contributed by atoms with Crippen LogP contribution in [-0.4, -0.2) is 46.0 Å². The lowest BCUT2D eigenvalue weighted by molar-refractivity contribution is 0.0777. The predicted octanol–water partition coefficient (Wildman–Crippen LogP) is 2.90. The van der Waals surface area contributed by atoms with Gasteiger partial charge in [0.1, 0.15) is 0 Å². The fraction of sp³-hybridized carbons (Fsp3) is 0.588. The summed E-state index contributed by atoms with van der Waals surface area (Å²) in [6.07, 6.45) is 1.19. The van der Waals surface area contributed by atoms with Gasteiger partial charge >= 0.3 is 0 Å². The minimum atomic E-state index is 0.267. The number of guanidine groups is 1. The Kier molecular flexibility index (Phi) is 8.90. The van der Waals surface area contributed by atoms with E-state index in [-0.39, 0.29) is 6.10 Å². The van der Waals surface area contributed by atoms with Gasteiger partial charge in [-0.25, -0.2) is 0 Å². The average molecular weight is 323 g/mol. The van der Waals surface area contributed by atoms with E-state index in [1.807, 2.05) is 39.0 Å². The molecule has 0 aliphatic rings. The van der Waals surface area contributed by atoms with Crippen molar-refractivity contribution in [2.24, 2.45) is 4.99 Å². The SMILES string of the molecule is CCOc1ccc(NC(=NC)NCCCOC(C)C)cc1OC. The predicted molar refractivity (Wildman–Crippen MR) is 94.9 cm³/mol. The largest absolute Gasteiger partial charge is 0.493 e. The number of hydrogen-bond acceptors (Lipinski definition) is 4. The highest BCUT2D eigenvalue weighted by atomic mass is 16.5. The average Bonchev–Trinajstić information content (AvgIpc) is 2.54. The number of aliphatic imine (C=N–C) groups is 1. The number of hydrogen-bond donors (Lipinski definition) is 2. The summed E-state index contributed by atoms with van der Waals surface area (Å²) in [7, 11) is 3.37. The Labute approximate surface area is 139 Å². The highest BCUT2D eigenvalue weighted by Gasteiger charge is 2.06. The summed E-state index contributed by atoms with van der Waals surface area (Å²) in [5.41, 5.74) is 0.886. The van der Waals surface area contributed by atoms with E-state index in [0.29, 0.717) is 18.3 Å². The Morgan fingerprint density at radius 1 is 1.26 bits per heavy atom. The van der Waals surface area contributed by atoms with Crippen molar-refractivity contribution in [2.75, 3.05) is 39.2 Å². The van der Waals surface area contributed by atoms with Gasteiger partial charge in [-0.1, -0.05) is 0 Å². The topological polar surface area (TPSA) is 64.1 Å². The monoisotopic (exact) mass is 323 g/mol. The summed E-state index contributed by atoms with van der Waals surface area (Å²) >= 11 is 0. The maximum absolute atomic E-state index is 5.51. The quantitative estimate of drug-likeness (QED) is 0.416. The first-order chi connectivity index (χ1) is 11.1. The van der Waals surface area contributed by atoms with Crippen molar-refractivity contribution < 1.29 is 14.2 Å². The highest BCUT2D eigenvalue weighted by molar-refractivity contribution is 5.93. The van der Waals surface area contributed by atoms with Crippen LogP contribution >= 0.6 is 0 Å². The number of nitrogens with zero attached hydrogens (tertiary/aromatic N) is 1. The van der Waals surface area contributed by atoms with Gasteiger partial charge in [-0.2, -0.15) is 0 Å². The second-order valence-corrected chi connectivity index (χ2v) is 5.20. The minimum absolute atomic E-state index is 0.267. The van der Waals surface area contributed by atoms with E-state index in [0.717, 1.165) is 31.0 Å². The molecule has 6 nitrogen and oxygen atoms in total. The molecule has 1 aromatic carbocycles. The number of rotatable bonds is 9. The van der Waals surface area contributed by atoms with E-state index >= 15 is 0 Å². The maximum atomic E-state index is 5.51. The van der Waals surface area contributed by atoms with E-state index in [4.69, 9.17) is 14.2 Å². The normalized spacial score (nSPS) is 11.5. The molecule has 0 atom stereocenters.